The molecule has 2 rings (SSSR count). The van der Waals surface area contributed by atoms with Crippen LogP contribution in [0.25, 0.3) is 0 Å². The number of hydrogen-bond donors (Lipinski definition) is 1. The summed E-state index contributed by atoms with van der Waals surface area (Å²) in [7, 11) is 0. The second-order valence-electron chi connectivity index (χ2n) is 3.91. The Bertz CT molecular complexity index is 381. The summed E-state index contributed by atoms with van der Waals surface area (Å²) in [4.78, 5) is 20.7. The van der Waals surface area contributed by atoms with E-state index in [0.717, 1.165) is 19.5 Å². The molecule has 1 aromatic rings. The van der Waals surface area contributed by atoms with Crippen molar-refractivity contribution in [1.82, 2.24) is 9.97 Å². The molecule has 0 radical (unpaired) electrons. The Kier molecular flexibility index (Phi) is 2.53. The summed E-state index contributed by atoms with van der Waals surface area (Å²) in [5, 5.41) is 8.78. The maximum Gasteiger partial charge on any atom is 0.356 e. The second kappa shape index (κ2) is 3.84. The highest BCUT2D eigenvalue weighted by atomic mass is 16.4. The van der Waals surface area contributed by atoms with Crippen LogP contribution in [0.2, 0.25) is 0 Å². The molecule has 5 heteroatoms. The predicted octanol–water partition coefficient (Wildman–Crippen LogP) is 1.02. The highest BCUT2D eigenvalue weighted by molar-refractivity contribution is 5.85. The maximum absolute atomic E-state index is 10.7. The average molecular weight is 207 g/mol. The number of rotatable bonds is 2. The number of aromatic nitrogens is 2. The highest BCUT2D eigenvalue weighted by Crippen LogP contribution is 2.20. The van der Waals surface area contributed by atoms with Crippen LogP contribution < -0.4 is 4.90 Å². The second-order valence-corrected chi connectivity index (χ2v) is 3.91. The smallest absolute Gasteiger partial charge is 0.356 e. The minimum Gasteiger partial charge on any atom is -0.476 e. The van der Waals surface area contributed by atoms with Crippen LogP contribution in [0.4, 0.5) is 5.82 Å². The van der Waals surface area contributed by atoms with Crippen LogP contribution >= 0.6 is 0 Å². The molecule has 15 heavy (non-hydrogen) atoms. The zero-order valence-corrected chi connectivity index (χ0v) is 8.55. The number of nitrogens with zero attached hydrogens (tertiary/aromatic N) is 3. The summed E-state index contributed by atoms with van der Waals surface area (Å²) >= 11 is 0. The van der Waals surface area contributed by atoms with Crippen molar-refractivity contribution in [3.63, 3.8) is 0 Å². The largest absolute Gasteiger partial charge is 0.476 e. The summed E-state index contributed by atoms with van der Waals surface area (Å²) in [5.41, 5.74) is 0.00653. The van der Waals surface area contributed by atoms with Crippen molar-refractivity contribution in [3.8, 4) is 0 Å². The van der Waals surface area contributed by atoms with E-state index in [0.29, 0.717) is 11.7 Å². The van der Waals surface area contributed by atoms with Crippen molar-refractivity contribution in [3.05, 3.63) is 18.1 Å². The molecule has 1 unspecified atom stereocenters. The van der Waals surface area contributed by atoms with Gasteiger partial charge in [0.25, 0.3) is 0 Å². The molecule has 1 fully saturated rings. The first-order valence-corrected chi connectivity index (χ1v) is 4.97. The van der Waals surface area contributed by atoms with Gasteiger partial charge in [-0.3, -0.25) is 4.98 Å². The maximum atomic E-state index is 10.7. The SMILES string of the molecule is CC1CCN(c2cncc(C(=O)O)n2)C1. The van der Waals surface area contributed by atoms with Gasteiger partial charge in [-0.15, -0.1) is 0 Å². The topological polar surface area (TPSA) is 66.3 Å². The summed E-state index contributed by atoms with van der Waals surface area (Å²) in [6.07, 6.45) is 4.01. The van der Waals surface area contributed by atoms with E-state index in [1.807, 2.05) is 0 Å². The van der Waals surface area contributed by atoms with Gasteiger partial charge in [0, 0.05) is 13.1 Å². The van der Waals surface area contributed by atoms with Gasteiger partial charge in [0.05, 0.1) is 12.4 Å². The fourth-order valence-electron chi connectivity index (χ4n) is 1.75. The van der Waals surface area contributed by atoms with Crippen LogP contribution in [0.1, 0.15) is 23.8 Å². The Labute approximate surface area is 87.8 Å². The van der Waals surface area contributed by atoms with Gasteiger partial charge in [-0.2, -0.15) is 0 Å². The number of carboxylic acid groups (broad SMARTS) is 1. The van der Waals surface area contributed by atoms with Crippen molar-refractivity contribution in [2.45, 2.75) is 13.3 Å². The molecule has 1 atom stereocenters. The standard InChI is InChI=1S/C10H13N3O2/c1-7-2-3-13(6-7)9-5-11-4-8(12-9)10(14)15/h4-5,7H,2-3,6H2,1H3,(H,14,15). The molecule has 1 aromatic heterocycles. The first-order valence-electron chi connectivity index (χ1n) is 4.97. The summed E-state index contributed by atoms with van der Waals surface area (Å²) in [6, 6.07) is 0. The van der Waals surface area contributed by atoms with E-state index in [1.165, 1.54) is 6.20 Å². The lowest BCUT2D eigenvalue weighted by Gasteiger charge is -2.16. The molecular weight excluding hydrogens is 194 g/mol. The summed E-state index contributed by atoms with van der Waals surface area (Å²) in [6.45, 7) is 4.03. The average Bonchev–Trinajstić information content (AvgIpc) is 2.65. The Hall–Kier alpha value is -1.65. The third-order valence-corrected chi connectivity index (χ3v) is 2.59. The van der Waals surface area contributed by atoms with Gasteiger partial charge in [-0.1, -0.05) is 6.92 Å². The first-order chi connectivity index (χ1) is 7.16. The molecule has 80 valence electrons. The van der Waals surface area contributed by atoms with Crippen molar-refractivity contribution in [2.75, 3.05) is 18.0 Å². The van der Waals surface area contributed by atoms with E-state index in [4.69, 9.17) is 5.11 Å². The number of aromatic carboxylic acids is 1. The predicted molar refractivity (Wildman–Crippen MR) is 55.0 cm³/mol. The van der Waals surface area contributed by atoms with Crippen molar-refractivity contribution >= 4 is 11.8 Å². The van der Waals surface area contributed by atoms with Crippen LogP contribution in [0.5, 0.6) is 0 Å². The minimum absolute atomic E-state index is 0.00653. The molecule has 1 saturated heterocycles. The van der Waals surface area contributed by atoms with Crippen LogP contribution in [-0.4, -0.2) is 34.1 Å². The molecule has 5 nitrogen and oxygen atoms in total. The Balaban J connectivity index is 2.21. The lowest BCUT2D eigenvalue weighted by atomic mass is 10.2. The van der Waals surface area contributed by atoms with Gasteiger partial charge in [-0.25, -0.2) is 9.78 Å². The lowest BCUT2D eigenvalue weighted by molar-refractivity contribution is 0.0690. The summed E-state index contributed by atoms with van der Waals surface area (Å²) in [5.74, 6) is 0.274. The molecule has 0 aliphatic carbocycles. The van der Waals surface area contributed by atoms with E-state index in [9.17, 15) is 4.79 Å². The molecule has 1 aliphatic heterocycles. The number of carbonyl (C=O) groups is 1. The zero-order valence-electron chi connectivity index (χ0n) is 8.55. The molecular formula is C10H13N3O2. The number of hydrogen-bond acceptors (Lipinski definition) is 4. The molecule has 0 amide bonds. The molecule has 1 aliphatic rings. The van der Waals surface area contributed by atoms with E-state index < -0.39 is 5.97 Å². The normalized spacial score (nSPS) is 20.6. The van der Waals surface area contributed by atoms with Gasteiger partial charge in [0.2, 0.25) is 0 Å². The van der Waals surface area contributed by atoms with Crippen LogP contribution in [-0.2, 0) is 0 Å². The third-order valence-electron chi connectivity index (χ3n) is 2.59. The van der Waals surface area contributed by atoms with Crippen molar-refractivity contribution < 1.29 is 9.90 Å². The molecule has 2 heterocycles. The van der Waals surface area contributed by atoms with Gasteiger partial charge in [0.15, 0.2) is 5.69 Å². The monoisotopic (exact) mass is 207 g/mol. The fraction of sp³-hybridized carbons (Fsp3) is 0.500. The lowest BCUT2D eigenvalue weighted by Crippen LogP contribution is -2.21. The molecule has 0 bridgehead atoms. The van der Waals surface area contributed by atoms with E-state index in [1.54, 1.807) is 6.20 Å². The molecule has 1 N–H and O–H groups in total. The number of anilines is 1. The Morgan fingerprint density at radius 3 is 3.00 bits per heavy atom. The van der Waals surface area contributed by atoms with Crippen LogP contribution in [0, 0.1) is 5.92 Å². The van der Waals surface area contributed by atoms with Crippen LogP contribution in [0.3, 0.4) is 0 Å². The molecule has 0 aromatic carbocycles. The van der Waals surface area contributed by atoms with E-state index in [-0.39, 0.29) is 5.69 Å². The van der Waals surface area contributed by atoms with E-state index >= 15 is 0 Å². The van der Waals surface area contributed by atoms with E-state index in [2.05, 4.69) is 21.8 Å². The van der Waals surface area contributed by atoms with Gasteiger partial charge in [-0.05, 0) is 12.3 Å². The van der Waals surface area contributed by atoms with Crippen molar-refractivity contribution in [2.24, 2.45) is 5.92 Å². The zero-order chi connectivity index (χ0) is 10.8. The van der Waals surface area contributed by atoms with Crippen molar-refractivity contribution in [1.29, 1.82) is 0 Å². The van der Waals surface area contributed by atoms with Gasteiger partial charge < -0.3 is 10.0 Å². The van der Waals surface area contributed by atoms with Gasteiger partial charge >= 0.3 is 5.97 Å². The highest BCUT2D eigenvalue weighted by Gasteiger charge is 2.20. The van der Waals surface area contributed by atoms with Gasteiger partial charge in [0.1, 0.15) is 5.82 Å². The Morgan fingerprint density at radius 2 is 2.40 bits per heavy atom. The first kappa shape index (κ1) is 9.89. The number of carboxylic acids is 1. The third kappa shape index (κ3) is 2.06. The Morgan fingerprint density at radius 1 is 1.60 bits per heavy atom. The van der Waals surface area contributed by atoms with Crippen LogP contribution in [0.15, 0.2) is 12.4 Å². The fourth-order valence-corrected chi connectivity index (χ4v) is 1.75. The molecule has 0 saturated carbocycles. The molecule has 0 spiro atoms. The quantitative estimate of drug-likeness (QED) is 0.784. The summed E-state index contributed by atoms with van der Waals surface area (Å²) < 4.78 is 0. The minimum atomic E-state index is -1.03.